The number of hydrogen-bond acceptors (Lipinski definition) is 6. The Labute approximate surface area is 208 Å². The largest absolute Gasteiger partial charge is 0.383 e. The Bertz CT molecular complexity index is 1430. The number of para-hydroxylation sites is 1. The molecule has 4 rings (SSSR count). The number of nitrogens with one attached hydrogen (secondary N) is 1. The number of carbonyl (C=O) groups is 1. The maximum absolute atomic E-state index is 13.4. The first-order valence-corrected chi connectivity index (χ1v) is 11.7. The summed E-state index contributed by atoms with van der Waals surface area (Å²) in [4.78, 5) is 45.9. The second kappa shape index (κ2) is 11.5. The highest BCUT2D eigenvalue weighted by Crippen LogP contribution is 2.11. The number of nitrogens with zero attached hydrogens (tertiary/aromatic N) is 5. The summed E-state index contributed by atoms with van der Waals surface area (Å²) in [6.07, 6.45) is 1.52. The van der Waals surface area contributed by atoms with Crippen LogP contribution in [0.1, 0.15) is 5.56 Å². The normalized spacial score (nSPS) is 11.1. The SMILES string of the molecule is COCCn1cnc2c1c(=O)n(CC(=O)NCCN(C)c1ccccc1)c(=O)n2Cc1ccccc1. The van der Waals surface area contributed by atoms with Crippen LogP contribution in [0.2, 0.25) is 0 Å². The first-order chi connectivity index (χ1) is 17.5. The quantitative estimate of drug-likeness (QED) is 0.340. The molecule has 1 N–H and O–H groups in total. The summed E-state index contributed by atoms with van der Waals surface area (Å²) in [5, 5.41) is 2.82. The number of fused-ring (bicyclic) bond motifs is 1. The van der Waals surface area contributed by atoms with Gasteiger partial charge >= 0.3 is 5.69 Å². The van der Waals surface area contributed by atoms with Crippen molar-refractivity contribution < 1.29 is 9.53 Å². The van der Waals surface area contributed by atoms with E-state index in [1.54, 1.807) is 11.7 Å². The van der Waals surface area contributed by atoms with Crippen molar-refractivity contribution in [1.82, 2.24) is 24.0 Å². The lowest BCUT2D eigenvalue weighted by Gasteiger charge is -2.19. The number of methoxy groups -OCH3 is 1. The molecule has 10 heteroatoms. The van der Waals surface area contributed by atoms with E-state index in [1.165, 1.54) is 10.9 Å². The Morgan fingerprint density at radius 3 is 2.42 bits per heavy atom. The fourth-order valence-electron chi connectivity index (χ4n) is 4.02. The number of ether oxygens (including phenoxy) is 1. The van der Waals surface area contributed by atoms with E-state index < -0.39 is 17.2 Å². The number of rotatable bonds is 11. The summed E-state index contributed by atoms with van der Waals surface area (Å²) in [5.41, 5.74) is 1.33. The molecule has 0 saturated carbocycles. The van der Waals surface area contributed by atoms with Crippen molar-refractivity contribution in [3.63, 3.8) is 0 Å². The van der Waals surface area contributed by atoms with Gasteiger partial charge in [0.15, 0.2) is 11.2 Å². The van der Waals surface area contributed by atoms with Gasteiger partial charge in [-0.3, -0.25) is 14.2 Å². The molecule has 2 aromatic carbocycles. The van der Waals surface area contributed by atoms with Crippen LogP contribution < -0.4 is 21.5 Å². The van der Waals surface area contributed by atoms with E-state index >= 15 is 0 Å². The molecule has 0 aliphatic heterocycles. The molecular weight excluding hydrogens is 460 g/mol. The molecule has 0 unspecified atom stereocenters. The Hall–Kier alpha value is -4.18. The standard InChI is InChI=1S/C26H30N6O4/c1-29(21-11-7-4-8-12-21)14-13-27-22(33)18-32-25(34)23-24(28-19-30(23)15-16-36-2)31(26(32)35)17-20-9-5-3-6-10-20/h3-12,19H,13-18H2,1-2H3,(H,27,33). The van der Waals surface area contributed by atoms with Crippen LogP contribution >= 0.6 is 0 Å². The van der Waals surface area contributed by atoms with Crippen molar-refractivity contribution in [2.75, 3.05) is 38.8 Å². The fourth-order valence-corrected chi connectivity index (χ4v) is 4.02. The zero-order valence-electron chi connectivity index (χ0n) is 20.5. The van der Waals surface area contributed by atoms with Gasteiger partial charge in [0.2, 0.25) is 5.91 Å². The highest BCUT2D eigenvalue weighted by Gasteiger charge is 2.20. The molecule has 0 fully saturated rings. The maximum Gasteiger partial charge on any atom is 0.333 e. The van der Waals surface area contributed by atoms with E-state index in [0.29, 0.717) is 26.2 Å². The third kappa shape index (κ3) is 5.55. The molecule has 1 amide bonds. The van der Waals surface area contributed by atoms with E-state index in [-0.39, 0.29) is 24.3 Å². The minimum absolute atomic E-state index is 0.223. The zero-order chi connectivity index (χ0) is 25.5. The smallest absolute Gasteiger partial charge is 0.333 e. The Morgan fingerprint density at radius 2 is 1.72 bits per heavy atom. The van der Waals surface area contributed by atoms with Gasteiger partial charge < -0.3 is 19.5 Å². The van der Waals surface area contributed by atoms with Crippen LogP contribution in [0.3, 0.4) is 0 Å². The van der Waals surface area contributed by atoms with Crippen LogP contribution in [0.4, 0.5) is 5.69 Å². The molecule has 0 atom stereocenters. The predicted octanol–water partition coefficient (Wildman–Crippen LogP) is 1.31. The molecule has 188 valence electrons. The molecule has 0 aliphatic carbocycles. The lowest BCUT2D eigenvalue weighted by Crippen LogP contribution is -2.45. The second-order valence-corrected chi connectivity index (χ2v) is 8.46. The summed E-state index contributed by atoms with van der Waals surface area (Å²) in [7, 11) is 3.51. The van der Waals surface area contributed by atoms with Gasteiger partial charge in [-0.25, -0.2) is 14.3 Å². The maximum atomic E-state index is 13.4. The highest BCUT2D eigenvalue weighted by molar-refractivity contribution is 5.76. The van der Waals surface area contributed by atoms with Gasteiger partial charge in [-0.15, -0.1) is 0 Å². The van der Waals surface area contributed by atoms with E-state index in [4.69, 9.17) is 4.74 Å². The van der Waals surface area contributed by atoms with E-state index in [2.05, 4.69) is 10.3 Å². The van der Waals surface area contributed by atoms with Crippen LogP contribution in [0.15, 0.2) is 76.6 Å². The molecule has 36 heavy (non-hydrogen) atoms. The lowest BCUT2D eigenvalue weighted by molar-refractivity contribution is -0.121. The molecule has 0 saturated heterocycles. The van der Waals surface area contributed by atoms with Crippen LogP contribution in [0, 0.1) is 0 Å². The molecule has 4 aromatic rings. The summed E-state index contributed by atoms with van der Waals surface area (Å²) in [6, 6.07) is 19.3. The number of carbonyl (C=O) groups excluding carboxylic acids is 1. The Balaban J connectivity index is 1.59. The summed E-state index contributed by atoms with van der Waals surface area (Å²) < 4.78 is 9.22. The first kappa shape index (κ1) is 24.9. The van der Waals surface area contributed by atoms with Crippen molar-refractivity contribution in [3.8, 4) is 0 Å². The fraction of sp³-hybridized carbons (Fsp3) is 0.308. The third-order valence-electron chi connectivity index (χ3n) is 5.97. The average Bonchev–Trinajstić information content (AvgIpc) is 3.33. The van der Waals surface area contributed by atoms with Crippen molar-refractivity contribution >= 4 is 22.8 Å². The molecule has 0 bridgehead atoms. The van der Waals surface area contributed by atoms with Crippen LogP contribution in [-0.2, 0) is 29.2 Å². The number of amides is 1. The van der Waals surface area contributed by atoms with Gasteiger partial charge in [0.05, 0.1) is 19.5 Å². The van der Waals surface area contributed by atoms with Gasteiger partial charge in [0.25, 0.3) is 5.56 Å². The highest BCUT2D eigenvalue weighted by atomic mass is 16.5. The molecule has 2 aromatic heterocycles. The minimum atomic E-state index is -0.579. The Kier molecular flexibility index (Phi) is 7.96. The van der Waals surface area contributed by atoms with E-state index in [9.17, 15) is 14.4 Å². The summed E-state index contributed by atoms with van der Waals surface area (Å²) in [6.45, 7) is 1.55. The Morgan fingerprint density at radius 1 is 1.03 bits per heavy atom. The van der Waals surface area contributed by atoms with Crippen LogP contribution in [0.25, 0.3) is 11.2 Å². The molecular formula is C26H30N6O4. The second-order valence-electron chi connectivity index (χ2n) is 8.46. The minimum Gasteiger partial charge on any atom is -0.383 e. The summed E-state index contributed by atoms with van der Waals surface area (Å²) in [5.74, 6) is -0.413. The molecule has 0 spiro atoms. The van der Waals surface area contributed by atoms with Gasteiger partial charge in [0, 0.05) is 39.5 Å². The van der Waals surface area contributed by atoms with Gasteiger partial charge in [-0.05, 0) is 17.7 Å². The van der Waals surface area contributed by atoms with E-state index in [0.717, 1.165) is 15.8 Å². The number of benzene rings is 2. The zero-order valence-corrected chi connectivity index (χ0v) is 20.5. The lowest BCUT2D eigenvalue weighted by atomic mass is 10.2. The van der Waals surface area contributed by atoms with Gasteiger partial charge in [-0.2, -0.15) is 0 Å². The van der Waals surface area contributed by atoms with Crippen LogP contribution in [-0.4, -0.2) is 58.4 Å². The number of likely N-dealkylation sites (N-methyl/N-ethyl adjacent to an activating group) is 1. The monoisotopic (exact) mass is 490 g/mol. The first-order valence-electron chi connectivity index (χ1n) is 11.7. The number of imidazole rings is 1. The molecule has 0 radical (unpaired) electrons. The van der Waals surface area contributed by atoms with Crippen molar-refractivity contribution in [1.29, 1.82) is 0 Å². The van der Waals surface area contributed by atoms with Crippen molar-refractivity contribution in [2.45, 2.75) is 19.6 Å². The molecule has 10 nitrogen and oxygen atoms in total. The third-order valence-corrected chi connectivity index (χ3v) is 5.97. The number of hydrogen-bond donors (Lipinski definition) is 1. The van der Waals surface area contributed by atoms with Gasteiger partial charge in [0.1, 0.15) is 6.54 Å². The molecule has 2 heterocycles. The van der Waals surface area contributed by atoms with Crippen molar-refractivity contribution in [3.05, 3.63) is 93.4 Å². The topological polar surface area (TPSA) is 103 Å². The number of anilines is 1. The van der Waals surface area contributed by atoms with E-state index in [1.807, 2.05) is 72.6 Å². The molecule has 0 aliphatic rings. The predicted molar refractivity (Wildman–Crippen MR) is 138 cm³/mol. The van der Waals surface area contributed by atoms with Crippen molar-refractivity contribution in [2.24, 2.45) is 0 Å². The number of aromatic nitrogens is 4. The van der Waals surface area contributed by atoms with Crippen LogP contribution in [0.5, 0.6) is 0 Å². The summed E-state index contributed by atoms with van der Waals surface area (Å²) >= 11 is 0. The average molecular weight is 491 g/mol. The van der Waals surface area contributed by atoms with Gasteiger partial charge in [-0.1, -0.05) is 48.5 Å².